The topological polar surface area (TPSA) is 56.1 Å². The molecule has 1 aromatic carbocycles. The van der Waals surface area contributed by atoms with E-state index < -0.39 is 17.6 Å². The molecule has 2 rings (SSSR count). The number of nitrogens with one attached hydrogen (secondary N) is 1. The lowest BCUT2D eigenvalue weighted by molar-refractivity contribution is 0.0595. The highest BCUT2D eigenvalue weighted by molar-refractivity contribution is 5.90. The van der Waals surface area contributed by atoms with Crippen LogP contribution in [-0.4, -0.2) is 22.6 Å². The predicted molar refractivity (Wildman–Crippen MR) is 68.2 cm³/mol. The van der Waals surface area contributed by atoms with Crippen molar-refractivity contribution in [2.24, 2.45) is 7.05 Å². The largest absolute Gasteiger partial charge is 0.465 e. The molecule has 1 heterocycles. The van der Waals surface area contributed by atoms with Gasteiger partial charge in [-0.1, -0.05) is 0 Å². The van der Waals surface area contributed by atoms with Gasteiger partial charge in [-0.2, -0.15) is 0 Å². The second kappa shape index (κ2) is 5.68. The molecule has 1 N–H and O–H groups in total. The van der Waals surface area contributed by atoms with Crippen molar-refractivity contribution in [3.05, 3.63) is 47.5 Å². The molecule has 0 unspecified atom stereocenters. The maximum atomic E-state index is 13.6. The Bertz CT molecular complexity index is 641. The van der Waals surface area contributed by atoms with E-state index in [4.69, 9.17) is 0 Å². The van der Waals surface area contributed by atoms with Crippen LogP contribution >= 0.6 is 0 Å². The number of benzene rings is 1. The summed E-state index contributed by atoms with van der Waals surface area (Å²) in [5.74, 6) is -2.59. The maximum absolute atomic E-state index is 13.6. The summed E-state index contributed by atoms with van der Waals surface area (Å²) in [4.78, 5) is 15.3. The first-order valence-corrected chi connectivity index (χ1v) is 5.79. The highest BCUT2D eigenvalue weighted by Crippen LogP contribution is 2.20. The number of aromatic nitrogens is 2. The highest BCUT2D eigenvalue weighted by Gasteiger charge is 2.16. The summed E-state index contributed by atoms with van der Waals surface area (Å²) >= 11 is 0. The molecule has 0 fully saturated rings. The summed E-state index contributed by atoms with van der Waals surface area (Å²) in [7, 11) is 2.93. The Balaban J connectivity index is 2.23. The zero-order valence-corrected chi connectivity index (χ0v) is 11.0. The Morgan fingerprint density at radius 2 is 2.15 bits per heavy atom. The molecule has 0 bridgehead atoms. The van der Waals surface area contributed by atoms with Crippen molar-refractivity contribution in [1.82, 2.24) is 9.55 Å². The van der Waals surface area contributed by atoms with Crippen molar-refractivity contribution < 1.29 is 18.3 Å². The minimum atomic E-state index is -0.958. The van der Waals surface area contributed by atoms with Gasteiger partial charge in [0, 0.05) is 19.3 Å². The van der Waals surface area contributed by atoms with Gasteiger partial charge in [0.1, 0.15) is 11.6 Å². The van der Waals surface area contributed by atoms with Gasteiger partial charge in [-0.25, -0.2) is 18.6 Å². The first kappa shape index (κ1) is 14.0. The van der Waals surface area contributed by atoms with Gasteiger partial charge in [0.15, 0.2) is 0 Å². The zero-order chi connectivity index (χ0) is 14.7. The summed E-state index contributed by atoms with van der Waals surface area (Å²) in [5, 5.41) is 2.79. The number of ether oxygens (including phenoxy) is 1. The van der Waals surface area contributed by atoms with Crippen molar-refractivity contribution >= 4 is 11.7 Å². The van der Waals surface area contributed by atoms with Crippen LogP contribution in [0.25, 0.3) is 0 Å². The lowest BCUT2D eigenvalue weighted by Gasteiger charge is -2.10. The number of carbonyl (C=O) groups excluding carboxylic acids is 1. The standard InChI is InChI=1S/C13H13F2N3O2/c1-18-7-16-5-8(18)6-17-12-3-9(13(19)20-2)10(14)4-11(12)15/h3-5,7,17H,6H2,1-2H3. The zero-order valence-electron chi connectivity index (χ0n) is 11.0. The van der Waals surface area contributed by atoms with Crippen LogP contribution in [-0.2, 0) is 18.3 Å². The number of methoxy groups -OCH3 is 1. The van der Waals surface area contributed by atoms with E-state index >= 15 is 0 Å². The lowest BCUT2D eigenvalue weighted by atomic mass is 10.1. The molecule has 0 spiro atoms. The van der Waals surface area contributed by atoms with E-state index in [0.717, 1.165) is 18.9 Å². The van der Waals surface area contributed by atoms with E-state index in [0.29, 0.717) is 12.6 Å². The predicted octanol–water partition coefficient (Wildman–Crippen LogP) is 2.10. The molecule has 0 aliphatic heterocycles. The van der Waals surface area contributed by atoms with Gasteiger partial charge in [-0.15, -0.1) is 0 Å². The van der Waals surface area contributed by atoms with Crippen LogP contribution in [0.2, 0.25) is 0 Å². The van der Waals surface area contributed by atoms with Crippen LogP contribution in [0.1, 0.15) is 16.1 Å². The fourth-order valence-electron chi connectivity index (χ4n) is 1.69. The lowest BCUT2D eigenvalue weighted by Crippen LogP contribution is -2.09. The molecule has 0 saturated heterocycles. The number of hydrogen-bond donors (Lipinski definition) is 1. The van der Waals surface area contributed by atoms with Crippen molar-refractivity contribution in [2.75, 3.05) is 12.4 Å². The summed E-state index contributed by atoms with van der Waals surface area (Å²) in [6, 6.07) is 1.74. The van der Waals surface area contributed by atoms with Gasteiger partial charge in [-0.3, -0.25) is 0 Å². The molecule has 20 heavy (non-hydrogen) atoms. The van der Waals surface area contributed by atoms with Gasteiger partial charge in [-0.05, 0) is 6.07 Å². The Labute approximate surface area is 114 Å². The highest BCUT2D eigenvalue weighted by atomic mass is 19.1. The van der Waals surface area contributed by atoms with Crippen molar-refractivity contribution in [3.63, 3.8) is 0 Å². The average Bonchev–Trinajstić information content (AvgIpc) is 2.82. The molecule has 7 heteroatoms. The van der Waals surface area contributed by atoms with Gasteiger partial charge in [0.05, 0.1) is 36.9 Å². The molecule has 0 saturated carbocycles. The summed E-state index contributed by atoms with van der Waals surface area (Å²) in [5.41, 5.74) is 0.516. The molecule has 0 aliphatic carbocycles. The van der Waals surface area contributed by atoms with E-state index in [1.54, 1.807) is 24.1 Å². The van der Waals surface area contributed by atoms with Crippen molar-refractivity contribution in [3.8, 4) is 0 Å². The van der Waals surface area contributed by atoms with E-state index in [-0.39, 0.29) is 11.3 Å². The van der Waals surface area contributed by atoms with Crippen LogP contribution in [0.3, 0.4) is 0 Å². The summed E-state index contributed by atoms with van der Waals surface area (Å²) in [6.45, 7) is 0.291. The monoisotopic (exact) mass is 281 g/mol. The second-order valence-electron chi connectivity index (χ2n) is 4.15. The number of hydrogen-bond acceptors (Lipinski definition) is 4. The van der Waals surface area contributed by atoms with Crippen LogP contribution < -0.4 is 5.32 Å². The molecule has 0 amide bonds. The molecule has 5 nitrogen and oxygen atoms in total. The number of imidazole rings is 1. The number of halogens is 2. The summed E-state index contributed by atoms with van der Waals surface area (Å²) < 4.78 is 33.3. The van der Waals surface area contributed by atoms with Crippen molar-refractivity contribution in [2.45, 2.75) is 6.54 Å². The van der Waals surface area contributed by atoms with Crippen LogP contribution in [0.5, 0.6) is 0 Å². The molecular weight excluding hydrogens is 268 g/mol. The maximum Gasteiger partial charge on any atom is 0.340 e. The van der Waals surface area contributed by atoms with E-state index in [1.165, 1.54) is 0 Å². The van der Waals surface area contributed by atoms with Gasteiger partial charge in [0.25, 0.3) is 0 Å². The molecule has 0 aliphatic rings. The average molecular weight is 281 g/mol. The van der Waals surface area contributed by atoms with Gasteiger partial charge >= 0.3 is 5.97 Å². The fraction of sp³-hybridized carbons (Fsp3) is 0.231. The van der Waals surface area contributed by atoms with Crippen molar-refractivity contribution in [1.29, 1.82) is 0 Å². The second-order valence-corrected chi connectivity index (χ2v) is 4.15. The fourth-order valence-corrected chi connectivity index (χ4v) is 1.69. The van der Waals surface area contributed by atoms with E-state index in [9.17, 15) is 13.6 Å². The Hall–Kier alpha value is -2.44. The Kier molecular flexibility index (Phi) is 3.97. The molecule has 1 aromatic heterocycles. The van der Waals surface area contributed by atoms with E-state index in [2.05, 4.69) is 15.0 Å². The Morgan fingerprint density at radius 3 is 2.75 bits per heavy atom. The first-order chi connectivity index (χ1) is 9.52. The minimum absolute atomic E-state index is 0.0213. The number of aryl methyl sites for hydroxylation is 1. The summed E-state index contributed by atoms with van der Waals surface area (Å²) in [6.07, 6.45) is 3.23. The van der Waals surface area contributed by atoms with Gasteiger partial charge < -0.3 is 14.6 Å². The molecular formula is C13H13F2N3O2. The SMILES string of the molecule is COC(=O)c1cc(NCc2cncn2C)c(F)cc1F. The third-order valence-corrected chi connectivity index (χ3v) is 2.84. The third kappa shape index (κ3) is 2.76. The number of carbonyl (C=O) groups is 1. The van der Waals surface area contributed by atoms with Crippen LogP contribution in [0, 0.1) is 11.6 Å². The normalized spacial score (nSPS) is 10.4. The molecule has 106 valence electrons. The van der Waals surface area contributed by atoms with Crippen LogP contribution in [0.15, 0.2) is 24.7 Å². The number of nitrogens with zero attached hydrogens (tertiary/aromatic N) is 2. The smallest absolute Gasteiger partial charge is 0.340 e. The molecule has 0 radical (unpaired) electrons. The van der Waals surface area contributed by atoms with Crippen LogP contribution in [0.4, 0.5) is 14.5 Å². The van der Waals surface area contributed by atoms with Gasteiger partial charge in [0.2, 0.25) is 0 Å². The quantitative estimate of drug-likeness (QED) is 0.872. The number of esters is 1. The number of rotatable bonds is 4. The molecule has 0 atom stereocenters. The molecule has 2 aromatic rings. The Morgan fingerprint density at radius 1 is 1.40 bits per heavy atom. The minimum Gasteiger partial charge on any atom is -0.465 e. The third-order valence-electron chi connectivity index (χ3n) is 2.84. The van der Waals surface area contributed by atoms with E-state index in [1.807, 2.05) is 0 Å². The first-order valence-electron chi connectivity index (χ1n) is 5.79. The number of anilines is 1.